The lowest BCUT2D eigenvalue weighted by Gasteiger charge is -2.15. The highest BCUT2D eigenvalue weighted by Gasteiger charge is 2.33. The number of nitrogens with zero attached hydrogens (tertiary/aromatic N) is 1. The lowest BCUT2D eigenvalue weighted by molar-refractivity contribution is -0.113. The highest BCUT2D eigenvalue weighted by atomic mass is 79.9. The van der Waals surface area contributed by atoms with Gasteiger partial charge >= 0.3 is 0 Å². The zero-order valence-electron chi connectivity index (χ0n) is 19.3. The van der Waals surface area contributed by atoms with Gasteiger partial charge in [-0.05, 0) is 90.2 Å². The zero-order valence-corrected chi connectivity index (χ0v) is 24.9. The summed E-state index contributed by atoms with van der Waals surface area (Å²) in [6, 6.07) is 23.4. The maximum absolute atomic E-state index is 13.2. The molecule has 0 spiro atoms. The molecule has 4 nitrogen and oxygen atoms in total. The number of hydrogen-bond acceptors (Lipinski definition) is 5. The Morgan fingerprint density at radius 3 is 2.59 bits per heavy atom. The van der Waals surface area contributed by atoms with E-state index in [2.05, 4.69) is 56.1 Å². The van der Waals surface area contributed by atoms with Gasteiger partial charge in [-0.2, -0.15) is 0 Å². The van der Waals surface area contributed by atoms with Crippen molar-refractivity contribution >= 4 is 100 Å². The summed E-state index contributed by atoms with van der Waals surface area (Å²) in [6.07, 6.45) is 1.79. The maximum atomic E-state index is 13.2. The monoisotopic (exact) mass is 673 g/mol. The molecule has 0 N–H and O–H groups in total. The first-order valence-corrected chi connectivity index (χ1v) is 14.2. The van der Waals surface area contributed by atoms with E-state index in [0.29, 0.717) is 42.5 Å². The van der Waals surface area contributed by atoms with Crippen molar-refractivity contribution in [3.63, 3.8) is 0 Å². The molecule has 186 valence electrons. The Balaban J connectivity index is 1.40. The molecular weight excluding hydrogens is 658 g/mol. The molecular formula is C28H18Br2ClNO3S2. The van der Waals surface area contributed by atoms with Crippen molar-refractivity contribution in [1.29, 1.82) is 0 Å². The Morgan fingerprint density at radius 1 is 1.03 bits per heavy atom. The summed E-state index contributed by atoms with van der Waals surface area (Å²) in [6.45, 7) is 0.379. The van der Waals surface area contributed by atoms with Gasteiger partial charge in [0.25, 0.3) is 5.91 Å². The number of halogens is 3. The number of rotatable bonds is 6. The van der Waals surface area contributed by atoms with Crippen LogP contribution in [-0.4, -0.2) is 17.3 Å². The third kappa shape index (κ3) is 5.45. The summed E-state index contributed by atoms with van der Waals surface area (Å²) in [5.74, 6) is 0.931. The van der Waals surface area contributed by atoms with E-state index in [9.17, 15) is 4.79 Å². The number of fused-ring (bicyclic) bond motifs is 1. The zero-order chi connectivity index (χ0) is 26.1. The van der Waals surface area contributed by atoms with Crippen LogP contribution in [0.4, 0.5) is 5.69 Å². The van der Waals surface area contributed by atoms with Gasteiger partial charge in [-0.25, -0.2) is 0 Å². The number of carbonyl (C=O) groups excluding carboxylic acids is 1. The molecule has 1 aliphatic heterocycles. The summed E-state index contributed by atoms with van der Waals surface area (Å²) in [7, 11) is 1.59. The summed E-state index contributed by atoms with van der Waals surface area (Å²) in [4.78, 5) is 15.2. The maximum Gasteiger partial charge on any atom is 0.270 e. The summed E-state index contributed by atoms with van der Waals surface area (Å²) in [5.41, 5.74) is 2.47. The number of thiocarbonyl (C=S) groups is 1. The fourth-order valence-corrected chi connectivity index (χ4v) is 6.29. The van der Waals surface area contributed by atoms with E-state index in [1.807, 2.05) is 30.3 Å². The molecule has 5 rings (SSSR count). The first kappa shape index (κ1) is 26.3. The summed E-state index contributed by atoms with van der Waals surface area (Å²) < 4.78 is 13.7. The van der Waals surface area contributed by atoms with Crippen LogP contribution < -0.4 is 14.4 Å². The molecule has 37 heavy (non-hydrogen) atoms. The van der Waals surface area contributed by atoms with Crippen molar-refractivity contribution in [3.8, 4) is 11.5 Å². The van der Waals surface area contributed by atoms with Crippen molar-refractivity contribution in [1.82, 2.24) is 0 Å². The van der Waals surface area contributed by atoms with E-state index in [4.69, 9.17) is 33.3 Å². The Kier molecular flexibility index (Phi) is 7.93. The molecule has 0 radical (unpaired) electrons. The Morgan fingerprint density at radius 2 is 1.81 bits per heavy atom. The Hall–Kier alpha value is -2.36. The van der Waals surface area contributed by atoms with Crippen LogP contribution in [0.25, 0.3) is 16.8 Å². The molecule has 1 fully saturated rings. The molecule has 4 aromatic rings. The van der Waals surface area contributed by atoms with Crippen molar-refractivity contribution in [2.75, 3.05) is 12.0 Å². The van der Waals surface area contributed by atoms with Crippen LogP contribution in [0, 0.1) is 0 Å². The fraction of sp³-hybridized carbons (Fsp3) is 0.0714. The van der Waals surface area contributed by atoms with Crippen LogP contribution in [0.2, 0.25) is 5.02 Å². The largest absolute Gasteiger partial charge is 0.493 e. The first-order chi connectivity index (χ1) is 17.9. The van der Waals surface area contributed by atoms with E-state index in [-0.39, 0.29) is 5.91 Å². The number of thioether (sulfide) groups is 1. The predicted octanol–water partition coefficient (Wildman–Crippen LogP) is 9.01. The predicted molar refractivity (Wildman–Crippen MR) is 164 cm³/mol. The molecule has 0 unspecified atom stereocenters. The SMILES string of the molecule is COc1cc(C=C2SC(=S)N(c3ccc(Br)c(Cl)c3)C2=O)cc(Br)c1OCc1cccc2ccccc12. The van der Waals surface area contributed by atoms with Gasteiger partial charge in [0, 0.05) is 4.47 Å². The van der Waals surface area contributed by atoms with Gasteiger partial charge in [-0.1, -0.05) is 78.0 Å². The van der Waals surface area contributed by atoms with E-state index < -0.39 is 0 Å². The quantitative estimate of drug-likeness (QED) is 0.151. The minimum absolute atomic E-state index is 0.209. The minimum Gasteiger partial charge on any atom is -0.493 e. The number of amides is 1. The second kappa shape index (κ2) is 11.2. The van der Waals surface area contributed by atoms with Crippen molar-refractivity contribution in [2.24, 2.45) is 0 Å². The number of methoxy groups -OCH3 is 1. The second-order valence-electron chi connectivity index (χ2n) is 8.08. The van der Waals surface area contributed by atoms with E-state index in [1.165, 1.54) is 16.7 Å². The normalized spacial score (nSPS) is 14.6. The molecule has 1 aliphatic rings. The van der Waals surface area contributed by atoms with Crippen molar-refractivity contribution < 1.29 is 14.3 Å². The van der Waals surface area contributed by atoms with E-state index >= 15 is 0 Å². The number of anilines is 1. The van der Waals surface area contributed by atoms with Gasteiger partial charge in [0.15, 0.2) is 15.8 Å². The standard InChI is InChI=1S/C28H18Br2ClNO3S2/c1-34-24-12-16(13-25-27(33)32(28(36)37-25)19-9-10-21(29)23(31)14-19)11-22(30)26(24)35-15-18-7-4-6-17-5-2-3-8-20(17)18/h2-14H,15H2,1H3. The van der Waals surface area contributed by atoms with Crippen LogP contribution in [0.15, 0.2) is 86.6 Å². The number of carbonyl (C=O) groups is 1. The molecule has 1 saturated heterocycles. The van der Waals surface area contributed by atoms with Crippen LogP contribution in [0.3, 0.4) is 0 Å². The fourth-order valence-electron chi connectivity index (χ4n) is 4.00. The molecule has 0 saturated carbocycles. The van der Waals surface area contributed by atoms with Crippen LogP contribution in [0.1, 0.15) is 11.1 Å². The lowest BCUT2D eigenvalue weighted by Crippen LogP contribution is -2.27. The molecule has 0 atom stereocenters. The summed E-state index contributed by atoms with van der Waals surface area (Å²) >= 11 is 20.0. The third-order valence-electron chi connectivity index (χ3n) is 5.76. The van der Waals surface area contributed by atoms with Crippen molar-refractivity contribution in [2.45, 2.75) is 6.61 Å². The van der Waals surface area contributed by atoms with Gasteiger partial charge in [0.2, 0.25) is 0 Å². The van der Waals surface area contributed by atoms with Gasteiger partial charge in [0.05, 0.1) is 27.2 Å². The molecule has 0 bridgehead atoms. The topological polar surface area (TPSA) is 38.8 Å². The van der Waals surface area contributed by atoms with Gasteiger partial charge in [-0.3, -0.25) is 9.69 Å². The molecule has 1 heterocycles. The number of ether oxygens (including phenoxy) is 2. The van der Waals surface area contributed by atoms with Crippen LogP contribution in [-0.2, 0) is 11.4 Å². The molecule has 9 heteroatoms. The van der Waals surface area contributed by atoms with Crippen LogP contribution in [0.5, 0.6) is 11.5 Å². The first-order valence-electron chi connectivity index (χ1n) is 11.1. The molecule has 0 aliphatic carbocycles. The Bertz CT molecular complexity index is 1590. The van der Waals surface area contributed by atoms with Gasteiger partial charge in [0.1, 0.15) is 6.61 Å². The van der Waals surface area contributed by atoms with Crippen molar-refractivity contribution in [3.05, 3.63) is 103 Å². The van der Waals surface area contributed by atoms with Crippen LogP contribution >= 0.6 is 67.4 Å². The summed E-state index contributed by atoms with van der Waals surface area (Å²) in [5, 5.41) is 2.81. The van der Waals surface area contributed by atoms with E-state index in [1.54, 1.807) is 31.4 Å². The number of benzene rings is 4. The number of hydrogen-bond donors (Lipinski definition) is 0. The van der Waals surface area contributed by atoms with Gasteiger partial charge < -0.3 is 9.47 Å². The minimum atomic E-state index is -0.209. The highest BCUT2D eigenvalue weighted by Crippen LogP contribution is 2.41. The van der Waals surface area contributed by atoms with Gasteiger partial charge in [-0.15, -0.1) is 0 Å². The lowest BCUT2D eigenvalue weighted by atomic mass is 10.1. The van der Waals surface area contributed by atoms with E-state index in [0.717, 1.165) is 26.4 Å². The average Bonchev–Trinajstić information content (AvgIpc) is 3.17. The third-order valence-corrected chi connectivity index (χ3v) is 8.88. The Labute approximate surface area is 245 Å². The molecule has 0 aromatic heterocycles. The smallest absolute Gasteiger partial charge is 0.270 e. The molecule has 1 amide bonds. The highest BCUT2D eigenvalue weighted by molar-refractivity contribution is 9.10. The molecule has 4 aromatic carbocycles. The second-order valence-corrected chi connectivity index (χ2v) is 11.9. The average molecular weight is 676 g/mol.